The predicted octanol–water partition coefficient (Wildman–Crippen LogP) is 0.851. The van der Waals surface area contributed by atoms with Crippen molar-refractivity contribution in [1.82, 2.24) is 5.32 Å². The smallest absolute Gasteiger partial charge is 0.328 e. The third kappa shape index (κ3) is 4.89. The molecule has 1 amide bonds. The van der Waals surface area contributed by atoms with E-state index in [0.717, 1.165) is 6.07 Å². The molecule has 0 bridgehead atoms. The number of amides is 1. The van der Waals surface area contributed by atoms with Gasteiger partial charge in [-0.15, -0.1) is 0 Å². The Bertz CT molecular complexity index is 589. The number of aliphatic hydroxyl groups excluding tert-OH is 1. The first-order valence-corrected chi connectivity index (χ1v) is 6.27. The summed E-state index contributed by atoms with van der Waals surface area (Å²) in [4.78, 5) is 23.0. The van der Waals surface area contributed by atoms with Crippen molar-refractivity contribution in [3.63, 3.8) is 0 Å². The lowest BCUT2D eigenvalue weighted by Crippen LogP contribution is -2.39. The van der Waals surface area contributed by atoms with Gasteiger partial charge in [-0.3, -0.25) is 4.79 Å². The maximum atomic E-state index is 13.8. The van der Waals surface area contributed by atoms with Crippen LogP contribution in [-0.4, -0.2) is 36.7 Å². The van der Waals surface area contributed by atoms with Gasteiger partial charge in [0.1, 0.15) is 11.9 Å². The normalized spacial score (nSPS) is 11.0. The zero-order valence-electron chi connectivity index (χ0n) is 11.8. The Hall–Kier alpha value is -2.39. The highest BCUT2D eigenvalue weighted by Gasteiger charge is 2.19. The van der Waals surface area contributed by atoms with Gasteiger partial charge in [-0.05, 0) is 25.1 Å². The number of carbonyl (C=O) groups excluding carboxylic acids is 2. The SMILES string of the molecule is COC(=O)C(C)NC(=O)c1ccc(C#CCCO)cc1F. The summed E-state index contributed by atoms with van der Waals surface area (Å²) >= 11 is 0. The fourth-order valence-electron chi connectivity index (χ4n) is 1.51. The minimum absolute atomic E-state index is 0.0681. The monoisotopic (exact) mass is 293 g/mol. The molecule has 6 heteroatoms. The predicted molar refractivity (Wildman–Crippen MR) is 73.9 cm³/mol. The Balaban J connectivity index is 2.83. The van der Waals surface area contributed by atoms with Gasteiger partial charge < -0.3 is 15.2 Å². The summed E-state index contributed by atoms with van der Waals surface area (Å²) < 4.78 is 18.3. The summed E-state index contributed by atoms with van der Waals surface area (Å²) in [7, 11) is 1.20. The molecule has 0 fully saturated rings. The molecular formula is C15H16FNO4. The molecule has 0 saturated carbocycles. The summed E-state index contributed by atoms with van der Waals surface area (Å²) in [6.07, 6.45) is 0.292. The number of aliphatic hydroxyl groups is 1. The quantitative estimate of drug-likeness (QED) is 0.637. The van der Waals surface area contributed by atoms with E-state index in [9.17, 15) is 14.0 Å². The molecule has 1 rings (SSSR count). The fraction of sp³-hybridized carbons (Fsp3) is 0.333. The van der Waals surface area contributed by atoms with Crippen molar-refractivity contribution in [3.8, 4) is 11.8 Å². The van der Waals surface area contributed by atoms with E-state index in [4.69, 9.17) is 5.11 Å². The van der Waals surface area contributed by atoms with Crippen LogP contribution in [0.1, 0.15) is 29.3 Å². The van der Waals surface area contributed by atoms with Gasteiger partial charge in [-0.2, -0.15) is 0 Å². The molecule has 1 atom stereocenters. The van der Waals surface area contributed by atoms with Crippen LogP contribution in [0.25, 0.3) is 0 Å². The van der Waals surface area contributed by atoms with E-state index >= 15 is 0 Å². The number of halogens is 1. The molecule has 0 saturated heterocycles. The van der Waals surface area contributed by atoms with Crippen LogP contribution in [0, 0.1) is 17.7 Å². The second kappa shape index (κ2) is 8.02. The van der Waals surface area contributed by atoms with Gasteiger partial charge in [0.15, 0.2) is 0 Å². The van der Waals surface area contributed by atoms with E-state index in [1.807, 2.05) is 0 Å². The van der Waals surface area contributed by atoms with Crippen molar-refractivity contribution in [1.29, 1.82) is 0 Å². The minimum atomic E-state index is -0.870. The Morgan fingerprint density at radius 3 is 2.76 bits per heavy atom. The number of nitrogens with one attached hydrogen (secondary N) is 1. The van der Waals surface area contributed by atoms with Crippen LogP contribution >= 0.6 is 0 Å². The number of esters is 1. The number of rotatable bonds is 4. The lowest BCUT2D eigenvalue weighted by Gasteiger charge is -2.11. The number of benzene rings is 1. The highest BCUT2D eigenvalue weighted by Crippen LogP contribution is 2.10. The van der Waals surface area contributed by atoms with Crippen molar-refractivity contribution in [3.05, 3.63) is 35.1 Å². The van der Waals surface area contributed by atoms with Gasteiger partial charge in [-0.1, -0.05) is 11.8 Å². The number of carbonyl (C=O) groups is 2. The van der Waals surface area contributed by atoms with E-state index in [1.165, 1.54) is 26.2 Å². The van der Waals surface area contributed by atoms with E-state index < -0.39 is 23.7 Å². The molecule has 1 aromatic rings. The average molecular weight is 293 g/mol. The van der Waals surface area contributed by atoms with E-state index in [0.29, 0.717) is 12.0 Å². The summed E-state index contributed by atoms with van der Waals surface area (Å²) in [5, 5.41) is 10.9. The van der Waals surface area contributed by atoms with E-state index in [-0.39, 0.29) is 12.2 Å². The lowest BCUT2D eigenvalue weighted by molar-refractivity contribution is -0.142. The van der Waals surface area contributed by atoms with Gasteiger partial charge in [0.2, 0.25) is 0 Å². The van der Waals surface area contributed by atoms with Crippen molar-refractivity contribution in [2.75, 3.05) is 13.7 Å². The Labute approximate surface area is 122 Å². The molecular weight excluding hydrogens is 277 g/mol. The highest BCUT2D eigenvalue weighted by molar-refractivity contribution is 5.97. The fourth-order valence-corrected chi connectivity index (χ4v) is 1.51. The highest BCUT2D eigenvalue weighted by atomic mass is 19.1. The van der Waals surface area contributed by atoms with Crippen LogP contribution in [0.2, 0.25) is 0 Å². The molecule has 0 aromatic heterocycles. The summed E-state index contributed by atoms with van der Waals surface area (Å²) in [5.74, 6) is 3.26. The first-order valence-electron chi connectivity index (χ1n) is 6.27. The molecule has 0 aliphatic heterocycles. The van der Waals surface area contributed by atoms with Gasteiger partial charge in [0.25, 0.3) is 5.91 Å². The number of hydrogen-bond acceptors (Lipinski definition) is 4. The van der Waals surface area contributed by atoms with Gasteiger partial charge in [0.05, 0.1) is 19.3 Å². The first-order chi connectivity index (χ1) is 9.99. The van der Waals surface area contributed by atoms with Gasteiger partial charge >= 0.3 is 5.97 Å². The van der Waals surface area contributed by atoms with Crippen LogP contribution in [0.15, 0.2) is 18.2 Å². The zero-order chi connectivity index (χ0) is 15.8. The topological polar surface area (TPSA) is 75.6 Å². The van der Waals surface area contributed by atoms with E-state index in [1.54, 1.807) is 0 Å². The molecule has 0 heterocycles. The summed E-state index contributed by atoms with van der Waals surface area (Å²) in [6.45, 7) is 1.37. The largest absolute Gasteiger partial charge is 0.467 e. The molecule has 5 nitrogen and oxygen atoms in total. The van der Waals surface area contributed by atoms with Crippen LogP contribution in [0.5, 0.6) is 0 Å². The second-order valence-corrected chi connectivity index (χ2v) is 4.19. The molecule has 0 spiro atoms. The zero-order valence-corrected chi connectivity index (χ0v) is 11.8. The Morgan fingerprint density at radius 1 is 1.48 bits per heavy atom. The minimum Gasteiger partial charge on any atom is -0.467 e. The van der Waals surface area contributed by atoms with E-state index in [2.05, 4.69) is 21.9 Å². The lowest BCUT2D eigenvalue weighted by atomic mass is 10.1. The molecule has 2 N–H and O–H groups in total. The van der Waals surface area contributed by atoms with Crippen LogP contribution < -0.4 is 5.32 Å². The van der Waals surface area contributed by atoms with Crippen LogP contribution in [0.4, 0.5) is 4.39 Å². The Morgan fingerprint density at radius 2 is 2.19 bits per heavy atom. The van der Waals surface area contributed by atoms with Crippen molar-refractivity contribution in [2.24, 2.45) is 0 Å². The average Bonchev–Trinajstić information content (AvgIpc) is 2.46. The van der Waals surface area contributed by atoms with Crippen molar-refractivity contribution in [2.45, 2.75) is 19.4 Å². The third-order valence-corrected chi connectivity index (χ3v) is 2.59. The maximum absolute atomic E-state index is 13.8. The van der Waals surface area contributed by atoms with Gasteiger partial charge in [-0.25, -0.2) is 9.18 Å². The first kappa shape index (κ1) is 16.7. The number of hydrogen-bond donors (Lipinski definition) is 2. The molecule has 1 unspecified atom stereocenters. The maximum Gasteiger partial charge on any atom is 0.328 e. The standard InChI is InChI=1S/C15H16FNO4/c1-10(15(20)21-2)17-14(19)12-7-6-11(9-13(12)16)5-3-4-8-18/h6-7,9-10,18H,4,8H2,1-2H3,(H,17,19). The second-order valence-electron chi connectivity index (χ2n) is 4.19. The summed E-state index contributed by atoms with van der Waals surface area (Å²) in [6, 6.07) is 3.04. The summed E-state index contributed by atoms with van der Waals surface area (Å²) in [5.41, 5.74) is 0.219. The van der Waals surface area contributed by atoms with Crippen LogP contribution in [-0.2, 0) is 9.53 Å². The number of methoxy groups -OCH3 is 1. The van der Waals surface area contributed by atoms with Gasteiger partial charge in [0, 0.05) is 12.0 Å². The molecule has 0 radical (unpaired) electrons. The van der Waals surface area contributed by atoms with Crippen molar-refractivity contribution >= 4 is 11.9 Å². The molecule has 112 valence electrons. The molecule has 1 aromatic carbocycles. The van der Waals surface area contributed by atoms with Crippen molar-refractivity contribution < 1.29 is 23.8 Å². The molecule has 0 aliphatic rings. The number of ether oxygens (including phenoxy) is 1. The van der Waals surface area contributed by atoms with Crippen LogP contribution in [0.3, 0.4) is 0 Å². The third-order valence-electron chi connectivity index (χ3n) is 2.59. The molecule has 21 heavy (non-hydrogen) atoms. The molecule has 0 aliphatic carbocycles. The Kier molecular flexibility index (Phi) is 6.37.